The first kappa shape index (κ1) is 8.92. The summed E-state index contributed by atoms with van der Waals surface area (Å²) in [5, 5.41) is 2.21. The van der Waals surface area contributed by atoms with Gasteiger partial charge in [0, 0.05) is 13.1 Å². The molecule has 0 bridgehead atoms. The minimum atomic E-state index is 1.09. The quantitative estimate of drug-likeness (QED) is 0.563. The van der Waals surface area contributed by atoms with Gasteiger partial charge in [-0.05, 0) is 13.5 Å². The van der Waals surface area contributed by atoms with Crippen molar-refractivity contribution in [3.05, 3.63) is 0 Å². The number of rotatable bonds is 5. The fraction of sp³-hybridized carbons (Fsp3) is 1.00. The molecule has 0 spiro atoms. The molecule has 0 aliphatic heterocycles. The van der Waals surface area contributed by atoms with Gasteiger partial charge >= 0.3 is 0 Å². The maximum Gasteiger partial charge on any atom is 0.0130 e. The fourth-order valence-corrected chi connectivity index (χ4v) is 0.777. The van der Waals surface area contributed by atoms with E-state index in [1.54, 1.807) is 0 Å². The van der Waals surface area contributed by atoms with Gasteiger partial charge in [0.05, 0.1) is 0 Å². The second kappa shape index (κ2) is 6.05. The highest BCUT2D eigenvalue weighted by molar-refractivity contribution is 4.44. The van der Waals surface area contributed by atoms with E-state index in [9.17, 15) is 0 Å². The Bertz CT molecular complexity index is 50.9. The fourth-order valence-electron chi connectivity index (χ4n) is 0.777. The van der Waals surface area contributed by atoms with Crippen molar-refractivity contribution in [2.75, 3.05) is 20.1 Å². The predicted octanol–water partition coefficient (Wildman–Crippen LogP) is 1.24. The summed E-state index contributed by atoms with van der Waals surface area (Å²) < 4.78 is 0. The third kappa shape index (κ3) is 4.43. The molecule has 0 fully saturated rings. The van der Waals surface area contributed by atoms with Crippen LogP contribution in [0.15, 0.2) is 0 Å². The van der Waals surface area contributed by atoms with Gasteiger partial charge in [0.1, 0.15) is 0 Å². The minimum absolute atomic E-state index is 1.09. The summed E-state index contributed by atoms with van der Waals surface area (Å²) in [5.41, 5.74) is 3.12. The van der Waals surface area contributed by atoms with Gasteiger partial charge in [-0.2, -0.15) is 0 Å². The second-order valence-corrected chi connectivity index (χ2v) is 2.16. The molecule has 0 aliphatic carbocycles. The zero-order valence-electron chi connectivity index (χ0n) is 6.78. The minimum Gasteiger partial charge on any atom is -0.258 e. The van der Waals surface area contributed by atoms with E-state index in [1.165, 1.54) is 19.4 Å². The molecule has 0 saturated carbocycles. The Hall–Kier alpha value is -0.0800. The molecule has 1 N–H and O–H groups in total. The summed E-state index contributed by atoms with van der Waals surface area (Å²) in [6, 6.07) is 0. The molecule has 0 atom stereocenters. The molecule has 56 valence electrons. The zero-order valence-corrected chi connectivity index (χ0v) is 6.78. The van der Waals surface area contributed by atoms with Gasteiger partial charge in [-0.15, -0.1) is 0 Å². The van der Waals surface area contributed by atoms with Crippen LogP contribution in [0.1, 0.15) is 26.7 Å². The van der Waals surface area contributed by atoms with Crippen LogP contribution in [0.4, 0.5) is 0 Å². The van der Waals surface area contributed by atoms with Crippen molar-refractivity contribution in [2.24, 2.45) is 0 Å². The highest BCUT2D eigenvalue weighted by Gasteiger charge is 1.94. The number of unbranched alkanes of at least 4 members (excludes halogenated alkanes) is 1. The smallest absolute Gasteiger partial charge is 0.0130 e. The number of nitrogens with zero attached hydrogens (tertiary/aromatic N) is 1. The van der Waals surface area contributed by atoms with Crippen molar-refractivity contribution in [1.29, 1.82) is 0 Å². The van der Waals surface area contributed by atoms with Crippen molar-refractivity contribution in [1.82, 2.24) is 10.4 Å². The third-order valence-corrected chi connectivity index (χ3v) is 1.48. The molecule has 0 amide bonds. The van der Waals surface area contributed by atoms with Crippen molar-refractivity contribution in [3.63, 3.8) is 0 Å². The van der Waals surface area contributed by atoms with Crippen LogP contribution in [0, 0.1) is 0 Å². The first-order valence-electron chi connectivity index (χ1n) is 3.77. The number of nitrogens with one attached hydrogen (secondary N) is 1. The van der Waals surface area contributed by atoms with E-state index in [-0.39, 0.29) is 0 Å². The van der Waals surface area contributed by atoms with Crippen molar-refractivity contribution < 1.29 is 0 Å². The lowest BCUT2D eigenvalue weighted by atomic mass is 10.3. The normalized spacial score (nSPS) is 10.7. The van der Waals surface area contributed by atoms with E-state index in [0.29, 0.717) is 0 Å². The largest absolute Gasteiger partial charge is 0.258 e. The molecule has 0 aromatic carbocycles. The average Bonchev–Trinajstić information content (AvgIpc) is 1.91. The first-order chi connectivity index (χ1) is 4.35. The highest BCUT2D eigenvalue weighted by atomic mass is 15.5. The van der Waals surface area contributed by atoms with Crippen LogP contribution in [-0.4, -0.2) is 25.1 Å². The van der Waals surface area contributed by atoms with Crippen molar-refractivity contribution in [3.8, 4) is 0 Å². The third-order valence-electron chi connectivity index (χ3n) is 1.48. The Labute approximate surface area is 58.2 Å². The molecular formula is C7H18N2. The van der Waals surface area contributed by atoms with Gasteiger partial charge in [0.15, 0.2) is 0 Å². The van der Waals surface area contributed by atoms with Crippen LogP contribution in [0.2, 0.25) is 0 Å². The van der Waals surface area contributed by atoms with Gasteiger partial charge < -0.3 is 0 Å². The molecule has 0 radical (unpaired) electrons. The van der Waals surface area contributed by atoms with E-state index in [2.05, 4.69) is 24.3 Å². The summed E-state index contributed by atoms with van der Waals surface area (Å²) in [6.45, 7) is 6.63. The van der Waals surface area contributed by atoms with E-state index in [4.69, 9.17) is 0 Å². The summed E-state index contributed by atoms with van der Waals surface area (Å²) in [5.74, 6) is 0. The van der Waals surface area contributed by atoms with Crippen LogP contribution < -0.4 is 5.43 Å². The van der Waals surface area contributed by atoms with Crippen molar-refractivity contribution in [2.45, 2.75) is 26.7 Å². The van der Waals surface area contributed by atoms with Crippen LogP contribution in [0.3, 0.4) is 0 Å². The maximum atomic E-state index is 3.12. The number of hydrogen-bond donors (Lipinski definition) is 1. The van der Waals surface area contributed by atoms with Crippen LogP contribution in [0.5, 0.6) is 0 Å². The van der Waals surface area contributed by atoms with E-state index in [0.717, 1.165) is 6.54 Å². The molecule has 0 aliphatic rings. The Morgan fingerprint density at radius 1 is 1.33 bits per heavy atom. The molecular weight excluding hydrogens is 112 g/mol. The zero-order chi connectivity index (χ0) is 7.11. The molecule has 0 aromatic rings. The lowest BCUT2D eigenvalue weighted by Gasteiger charge is -2.17. The van der Waals surface area contributed by atoms with Gasteiger partial charge in [-0.1, -0.05) is 20.3 Å². The van der Waals surface area contributed by atoms with Gasteiger partial charge in [0.2, 0.25) is 0 Å². The highest BCUT2D eigenvalue weighted by Crippen LogP contribution is 1.89. The number of hydrazine groups is 1. The topological polar surface area (TPSA) is 15.3 Å². The summed E-state index contributed by atoms with van der Waals surface area (Å²) in [6.07, 6.45) is 2.56. The molecule has 0 aromatic heterocycles. The molecule has 0 saturated heterocycles. The Morgan fingerprint density at radius 3 is 2.33 bits per heavy atom. The Balaban J connectivity index is 3.09. The molecule has 9 heavy (non-hydrogen) atoms. The monoisotopic (exact) mass is 130 g/mol. The maximum absolute atomic E-state index is 3.12. The van der Waals surface area contributed by atoms with E-state index >= 15 is 0 Å². The summed E-state index contributed by atoms with van der Waals surface area (Å²) in [4.78, 5) is 0. The molecule has 0 unspecified atom stereocenters. The Kier molecular flexibility index (Phi) is 5.99. The average molecular weight is 130 g/mol. The van der Waals surface area contributed by atoms with Crippen LogP contribution in [0.25, 0.3) is 0 Å². The van der Waals surface area contributed by atoms with Crippen LogP contribution >= 0.6 is 0 Å². The Morgan fingerprint density at radius 2 is 2.00 bits per heavy atom. The number of hydrogen-bond acceptors (Lipinski definition) is 2. The molecule has 0 heterocycles. The SMILES string of the molecule is CCCCN(CC)NC. The summed E-state index contributed by atoms with van der Waals surface area (Å²) >= 11 is 0. The predicted molar refractivity (Wildman–Crippen MR) is 41.2 cm³/mol. The van der Waals surface area contributed by atoms with Crippen molar-refractivity contribution >= 4 is 0 Å². The van der Waals surface area contributed by atoms with E-state index < -0.39 is 0 Å². The first-order valence-corrected chi connectivity index (χ1v) is 3.77. The lowest BCUT2D eigenvalue weighted by molar-refractivity contribution is 0.216. The van der Waals surface area contributed by atoms with Crippen LogP contribution in [-0.2, 0) is 0 Å². The van der Waals surface area contributed by atoms with Gasteiger partial charge in [-0.3, -0.25) is 5.43 Å². The molecule has 0 rings (SSSR count). The standard InChI is InChI=1S/C7H18N2/c1-4-6-7-9(5-2)8-3/h8H,4-7H2,1-3H3. The lowest BCUT2D eigenvalue weighted by Crippen LogP contribution is -2.35. The van der Waals surface area contributed by atoms with Gasteiger partial charge in [0.25, 0.3) is 0 Å². The summed E-state index contributed by atoms with van der Waals surface area (Å²) in [7, 11) is 1.97. The molecule has 2 nitrogen and oxygen atoms in total. The van der Waals surface area contributed by atoms with Gasteiger partial charge in [-0.25, -0.2) is 5.01 Å². The van der Waals surface area contributed by atoms with E-state index in [1.807, 2.05) is 7.05 Å². The molecule has 2 heteroatoms. The second-order valence-electron chi connectivity index (χ2n) is 2.16.